The molecular formula is C11H10FN3O. The van der Waals surface area contributed by atoms with Crippen molar-refractivity contribution in [3.63, 3.8) is 0 Å². The van der Waals surface area contributed by atoms with Gasteiger partial charge < -0.3 is 10.5 Å². The smallest absolute Gasteiger partial charge is 0.316 e. The van der Waals surface area contributed by atoms with Crippen LogP contribution >= 0.6 is 0 Å². The lowest BCUT2D eigenvalue weighted by Crippen LogP contribution is -1.93. The van der Waals surface area contributed by atoms with Crippen LogP contribution in [0.1, 0.15) is 0 Å². The minimum absolute atomic E-state index is 0.250. The number of nitrogens with zero attached hydrogens (tertiary/aromatic N) is 2. The molecule has 0 atom stereocenters. The second kappa shape index (κ2) is 4.14. The number of ether oxygens (including phenoxy) is 1. The average Bonchev–Trinajstić information content (AvgIpc) is 2.29. The van der Waals surface area contributed by atoms with Crippen LogP contribution in [0.25, 0.3) is 11.1 Å². The van der Waals surface area contributed by atoms with Gasteiger partial charge in [0.05, 0.1) is 7.11 Å². The Hall–Kier alpha value is -2.17. The van der Waals surface area contributed by atoms with E-state index in [1.54, 1.807) is 12.1 Å². The molecule has 0 aliphatic rings. The Morgan fingerprint density at radius 2 is 1.94 bits per heavy atom. The Kier molecular flexibility index (Phi) is 2.68. The van der Waals surface area contributed by atoms with Crippen molar-refractivity contribution >= 4 is 5.69 Å². The van der Waals surface area contributed by atoms with E-state index >= 15 is 0 Å². The van der Waals surface area contributed by atoms with Gasteiger partial charge in [0.25, 0.3) is 0 Å². The number of nitrogen functional groups attached to an aromatic ring is 1. The van der Waals surface area contributed by atoms with Crippen LogP contribution in [-0.4, -0.2) is 17.1 Å². The summed E-state index contributed by atoms with van der Waals surface area (Å²) in [6.45, 7) is 0. The second-order valence-corrected chi connectivity index (χ2v) is 3.20. The fraction of sp³-hybridized carbons (Fsp3) is 0.0909. The van der Waals surface area contributed by atoms with Crippen LogP contribution in [0.2, 0.25) is 0 Å². The molecule has 0 aliphatic heterocycles. The molecule has 2 rings (SSSR count). The molecule has 1 aromatic carbocycles. The summed E-state index contributed by atoms with van der Waals surface area (Å²) in [4.78, 5) is 7.81. The number of hydrogen-bond acceptors (Lipinski definition) is 4. The predicted octanol–water partition coefficient (Wildman–Crippen LogP) is 1.87. The van der Waals surface area contributed by atoms with Crippen LogP contribution in [0.15, 0.2) is 30.6 Å². The summed E-state index contributed by atoms with van der Waals surface area (Å²) in [6, 6.07) is 4.73. The SMILES string of the molecule is COc1ncc(-c2ccc(N)cc2F)cn1. The van der Waals surface area contributed by atoms with Gasteiger partial charge in [-0.3, -0.25) is 0 Å². The summed E-state index contributed by atoms with van der Waals surface area (Å²) < 4.78 is 18.4. The molecule has 16 heavy (non-hydrogen) atoms. The Labute approximate surface area is 91.9 Å². The molecule has 1 aromatic heterocycles. The van der Waals surface area contributed by atoms with Crippen molar-refractivity contribution in [2.45, 2.75) is 0 Å². The third-order valence-corrected chi connectivity index (χ3v) is 2.11. The molecule has 0 saturated carbocycles. The lowest BCUT2D eigenvalue weighted by Gasteiger charge is -2.04. The maximum Gasteiger partial charge on any atom is 0.316 e. The molecule has 2 aromatic rings. The maximum atomic E-state index is 13.6. The largest absolute Gasteiger partial charge is 0.467 e. The van der Waals surface area contributed by atoms with E-state index in [4.69, 9.17) is 10.5 Å². The van der Waals surface area contributed by atoms with Crippen molar-refractivity contribution in [3.8, 4) is 17.1 Å². The van der Waals surface area contributed by atoms with Gasteiger partial charge in [0.1, 0.15) is 5.82 Å². The lowest BCUT2D eigenvalue weighted by atomic mass is 10.1. The Morgan fingerprint density at radius 1 is 1.25 bits per heavy atom. The molecule has 0 amide bonds. The van der Waals surface area contributed by atoms with E-state index in [1.165, 1.54) is 25.6 Å². The van der Waals surface area contributed by atoms with E-state index in [2.05, 4.69) is 9.97 Å². The minimum atomic E-state index is -0.395. The first kappa shape index (κ1) is 10.4. The number of hydrogen-bond donors (Lipinski definition) is 1. The normalized spacial score (nSPS) is 10.1. The number of nitrogens with two attached hydrogens (primary N) is 1. The van der Waals surface area contributed by atoms with Gasteiger partial charge >= 0.3 is 6.01 Å². The van der Waals surface area contributed by atoms with Crippen molar-refractivity contribution in [2.24, 2.45) is 0 Å². The third-order valence-electron chi connectivity index (χ3n) is 2.11. The van der Waals surface area contributed by atoms with Crippen LogP contribution in [0.5, 0.6) is 6.01 Å². The van der Waals surface area contributed by atoms with E-state index in [1.807, 2.05) is 0 Å². The van der Waals surface area contributed by atoms with Gasteiger partial charge in [-0.15, -0.1) is 0 Å². The quantitative estimate of drug-likeness (QED) is 0.783. The molecule has 0 saturated heterocycles. The van der Waals surface area contributed by atoms with Crippen molar-refractivity contribution in [3.05, 3.63) is 36.4 Å². The van der Waals surface area contributed by atoms with Crippen molar-refractivity contribution in [1.29, 1.82) is 0 Å². The Morgan fingerprint density at radius 3 is 2.50 bits per heavy atom. The molecule has 4 nitrogen and oxygen atoms in total. The molecule has 82 valence electrons. The number of halogens is 1. The number of benzene rings is 1. The average molecular weight is 219 g/mol. The highest BCUT2D eigenvalue weighted by molar-refractivity contribution is 5.64. The summed E-state index contributed by atoms with van der Waals surface area (Å²) in [5.41, 5.74) is 6.84. The number of anilines is 1. The van der Waals surface area contributed by atoms with E-state index in [0.717, 1.165) is 0 Å². The molecular weight excluding hydrogens is 209 g/mol. The summed E-state index contributed by atoms with van der Waals surface area (Å²) in [7, 11) is 1.47. The molecule has 0 bridgehead atoms. The van der Waals surface area contributed by atoms with E-state index < -0.39 is 5.82 Å². The predicted molar refractivity (Wildman–Crippen MR) is 58.4 cm³/mol. The summed E-state index contributed by atoms with van der Waals surface area (Å²) in [5.74, 6) is -0.395. The molecule has 2 N–H and O–H groups in total. The second-order valence-electron chi connectivity index (χ2n) is 3.20. The zero-order valence-electron chi connectivity index (χ0n) is 8.64. The molecule has 1 heterocycles. The fourth-order valence-corrected chi connectivity index (χ4v) is 1.33. The van der Waals surface area contributed by atoms with Gasteiger partial charge in [-0.05, 0) is 18.2 Å². The number of methoxy groups -OCH3 is 1. The zero-order valence-corrected chi connectivity index (χ0v) is 8.64. The van der Waals surface area contributed by atoms with Crippen LogP contribution < -0.4 is 10.5 Å². The zero-order chi connectivity index (χ0) is 11.5. The topological polar surface area (TPSA) is 61.0 Å². The minimum Gasteiger partial charge on any atom is -0.467 e. The first-order valence-electron chi connectivity index (χ1n) is 4.62. The van der Waals surface area contributed by atoms with Crippen LogP contribution in [-0.2, 0) is 0 Å². The molecule has 0 fully saturated rings. The number of aromatic nitrogens is 2. The third kappa shape index (κ3) is 1.93. The van der Waals surface area contributed by atoms with Gasteiger partial charge in [0.15, 0.2) is 0 Å². The molecule has 0 aliphatic carbocycles. The Balaban J connectivity index is 2.42. The molecule has 5 heteroatoms. The lowest BCUT2D eigenvalue weighted by molar-refractivity contribution is 0.380. The fourth-order valence-electron chi connectivity index (χ4n) is 1.33. The van der Waals surface area contributed by atoms with Gasteiger partial charge in [0, 0.05) is 29.2 Å². The van der Waals surface area contributed by atoms with Gasteiger partial charge in [-0.2, -0.15) is 0 Å². The first-order chi connectivity index (χ1) is 7.70. The van der Waals surface area contributed by atoms with Crippen molar-refractivity contribution < 1.29 is 9.13 Å². The first-order valence-corrected chi connectivity index (χ1v) is 4.62. The van der Waals surface area contributed by atoms with E-state index in [-0.39, 0.29) is 6.01 Å². The summed E-state index contributed by atoms with van der Waals surface area (Å²) in [5, 5.41) is 0. The standard InChI is InChI=1S/C11H10FN3O/c1-16-11-14-5-7(6-15-11)9-3-2-8(13)4-10(9)12/h2-6H,13H2,1H3. The van der Waals surface area contributed by atoms with E-state index in [0.29, 0.717) is 16.8 Å². The highest BCUT2D eigenvalue weighted by Crippen LogP contribution is 2.23. The monoisotopic (exact) mass is 219 g/mol. The summed E-state index contributed by atoms with van der Waals surface area (Å²) in [6.07, 6.45) is 3.00. The van der Waals surface area contributed by atoms with E-state index in [9.17, 15) is 4.39 Å². The highest BCUT2D eigenvalue weighted by Gasteiger charge is 2.06. The molecule has 0 radical (unpaired) electrons. The van der Waals surface area contributed by atoms with Crippen molar-refractivity contribution in [1.82, 2.24) is 9.97 Å². The maximum absolute atomic E-state index is 13.6. The van der Waals surface area contributed by atoms with Crippen molar-refractivity contribution in [2.75, 3.05) is 12.8 Å². The number of rotatable bonds is 2. The van der Waals surface area contributed by atoms with Crippen LogP contribution in [0, 0.1) is 5.82 Å². The molecule has 0 spiro atoms. The van der Waals surface area contributed by atoms with Gasteiger partial charge in [-0.1, -0.05) is 0 Å². The van der Waals surface area contributed by atoms with Crippen LogP contribution in [0.3, 0.4) is 0 Å². The Bertz CT molecular complexity index is 499. The van der Waals surface area contributed by atoms with Gasteiger partial charge in [0.2, 0.25) is 0 Å². The highest BCUT2D eigenvalue weighted by atomic mass is 19.1. The molecule has 0 unspecified atom stereocenters. The summed E-state index contributed by atoms with van der Waals surface area (Å²) >= 11 is 0. The van der Waals surface area contributed by atoms with Crippen LogP contribution in [0.4, 0.5) is 10.1 Å². The van der Waals surface area contributed by atoms with Gasteiger partial charge in [-0.25, -0.2) is 14.4 Å².